The summed E-state index contributed by atoms with van der Waals surface area (Å²) in [5.41, 5.74) is -0.643. The largest absolute Gasteiger partial charge is 0.504 e. The molecule has 1 aromatic rings. The first-order chi connectivity index (χ1) is 17.8. The van der Waals surface area contributed by atoms with Crippen LogP contribution in [-0.2, 0) is 25.7 Å². The van der Waals surface area contributed by atoms with E-state index >= 15 is 0 Å². The number of ether oxygens (including phenoxy) is 1. The Labute approximate surface area is 216 Å². The van der Waals surface area contributed by atoms with Gasteiger partial charge in [0.15, 0.2) is 11.5 Å². The van der Waals surface area contributed by atoms with Crippen LogP contribution < -0.4 is 16.0 Å². The van der Waals surface area contributed by atoms with E-state index in [1.807, 2.05) is 6.92 Å². The molecule has 0 radical (unpaired) electrons. The van der Waals surface area contributed by atoms with Gasteiger partial charge in [-0.25, -0.2) is 4.79 Å². The highest BCUT2D eigenvalue weighted by Gasteiger charge is 2.43. The van der Waals surface area contributed by atoms with Gasteiger partial charge in [0.1, 0.15) is 5.54 Å². The van der Waals surface area contributed by atoms with E-state index in [-0.39, 0.29) is 24.1 Å². The zero-order chi connectivity index (χ0) is 26.8. The van der Waals surface area contributed by atoms with E-state index < -0.39 is 29.2 Å². The Hall–Kier alpha value is -3.34. The minimum Gasteiger partial charge on any atom is -0.504 e. The van der Waals surface area contributed by atoms with Gasteiger partial charge in [0.25, 0.3) is 5.91 Å². The Balaban J connectivity index is 1.68. The topological polar surface area (TPSA) is 157 Å². The van der Waals surface area contributed by atoms with Gasteiger partial charge >= 0.3 is 6.03 Å². The molecule has 1 saturated heterocycles. The van der Waals surface area contributed by atoms with Gasteiger partial charge in [-0.3, -0.25) is 14.4 Å². The number of unbranched alkanes of at least 4 members (excludes halogenated alkanes) is 1. The SMILES string of the molecule is CCCC[C@H](NC(=O)C1(NC(=O)N2CCOCC2)CCCCC1)C(=O)C(=O)NCc1ccc(O)c(O)c1. The summed E-state index contributed by atoms with van der Waals surface area (Å²) in [6, 6.07) is 2.74. The van der Waals surface area contributed by atoms with Gasteiger partial charge in [-0.1, -0.05) is 45.1 Å². The fourth-order valence-electron chi connectivity index (χ4n) is 4.69. The number of hydrogen-bond acceptors (Lipinski definition) is 7. The van der Waals surface area contributed by atoms with Crippen LogP contribution in [-0.4, -0.2) is 76.6 Å². The number of phenolic OH excluding ortho intramolecular Hbond substituents is 2. The Kier molecular flexibility index (Phi) is 10.1. The number of urea groups is 1. The molecular weight excluding hydrogens is 480 g/mol. The molecule has 1 heterocycles. The van der Waals surface area contributed by atoms with Gasteiger partial charge in [0.2, 0.25) is 11.7 Å². The molecule has 0 bridgehead atoms. The zero-order valence-corrected chi connectivity index (χ0v) is 21.4. The number of nitrogens with one attached hydrogen (secondary N) is 3. The van der Waals surface area contributed by atoms with Gasteiger partial charge in [-0.15, -0.1) is 0 Å². The molecule has 4 amide bonds. The molecule has 37 heavy (non-hydrogen) atoms. The van der Waals surface area contributed by atoms with Crippen LogP contribution in [0.3, 0.4) is 0 Å². The minimum atomic E-state index is -1.14. The van der Waals surface area contributed by atoms with Crippen LogP contribution in [0.2, 0.25) is 0 Å². The molecular formula is C26H38N4O7. The quantitative estimate of drug-likeness (QED) is 0.233. The maximum atomic E-state index is 13.6. The van der Waals surface area contributed by atoms with Gasteiger partial charge in [0.05, 0.1) is 19.3 Å². The number of hydrogen-bond donors (Lipinski definition) is 5. The maximum Gasteiger partial charge on any atom is 0.318 e. The fraction of sp³-hybridized carbons (Fsp3) is 0.615. The highest BCUT2D eigenvalue weighted by molar-refractivity contribution is 6.38. The van der Waals surface area contributed by atoms with Crippen molar-refractivity contribution in [1.29, 1.82) is 0 Å². The second kappa shape index (κ2) is 13.3. The lowest BCUT2D eigenvalue weighted by Gasteiger charge is -2.39. The summed E-state index contributed by atoms with van der Waals surface area (Å²) in [7, 11) is 0. The molecule has 0 aromatic heterocycles. The third kappa shape index (κ3) is 7.58. The van der Waals surface area contributed by atoms with E-state index in [0.717, 1.165) is 25.7 Å². The van der Waals surface area contributed by atoms with Crippen molar-refractivity contribution in [3.8, 4) is 11.5 Å². The number of nitrogens with zero attached hydrogens (tertiary/aromatic N) is 1. The molecule has 1 atom stereocenters. The zero-order valence-electron chi connectivity index (χ0n) is 21.4. The first kappa shape index (κ1) is 28.2. The van der Waals surface area contributed by atoms with Gasteiger partial charge < -0.3 is 35.8 Å². The minimum absolute atomic E-state index is 0.0353. The van der Waals surface area contributed by atoms with Crippen molar-refractivity contribution in [3.63, 3.8) is 0 Å². The molecule has 1 aliphatic carbocycles. The number of amides is 4. The van der Waals surface area contributed by atoms with E-state index in [4.69, 9.17) is 4.74 Å². The van der Waals surface area contributed by atoms with E-state index in [1.54, 1.807) is 4.90 Å². The van der Waals surface area contributed by atoms with Crippen LogP contribution >= 0.6 is 0 Å². The normalized spacial score (nSPS) is 17.9. The van der Waals surface area contributed by atoms with Crippen molar-refractivity contribution >= 4 is 23.6 Å². The molecule has 5 N–H and O–H groups in total. The van der Waals surface area contributed by atoms with Crippen LogP contribution in [0.25, 0.3) is 0 Å². The summed E-state index contributed by atoms with van der Waals surface area (Å²) in [5.74, 6) is -2.69. The lowest BCUT2D eigenvalue weighted by Crippen LogP contribution is -2.64. The standard InChI is InChI=1S/C26H38N4O7/c1-2-3-7-19(22(33)23(34)27-17-18-8-9-20(31)21(32)16-18)28-24(35)26(10-5-4-6-11-26)29-25(36)30-12-14-37-15-13-30/h8-9,16,19,31-32H,2-7,10-15,17H2,1H3,(H,27,34)(H,28,35)(H,29,36)/t19-/m0/s1. The monoisotopic (exact) mass is 518 g/mol. The number of aromatic hydroxyl groups is 2. The predicted molar refractivity (Wildman–Crippen MR) is 135 cm³/mol. The molecule has 11 nitrogen and oxygen atoms in total. The van der Waals surface area contributed by atoms with Crippen molar-refractivity contribution < 1.29 is 34.1 Å². The molecule has 0 unspecified atom stereocenters. The molecule has 2 aliphatic rings. The summed E-state index contributed by atoms with van der Waals surface area (Å²) in [6.07, 6.45) is 5.10. The predicted octanol–water partition coefficient (Wildman–Crippen LogP) is 1.70. The summed E-state index contributed by atoms with van der Waals surface area (Å²) < 4.78 is 5.31. The maximum absolute atomic E-state index is 13.6. The number of ketones is 1. The van der Waals surface area contributed by atoms with Crippen LogP contribution in [0.1, 0.15) is 63.9 Å². The van der Waals surface area contributed by atoms with Crippen molar-refractivity contribution in [2.75, 3.05) is 26.3 Å². The Morgan fingerprint density at radius 3 is 2.41 bits per heavy atom. The van der Waals surface area contributed by atoms with Gasteiger partial charge in [-0.2, -0.15) is 0 Å². The summed E-state index contributed by atoms with van der Waals surface area (Å²) >= 11 is 0. The smallest absolute Gasteiger partial charge is 0.318 e. The number of Topliss-reactive ketones (excluding diaryl/α,β-unsaturated/α-hetero) is 1. The Morgan fingerprint density at radius 1 is 1.05 bits per heavy atom. The molecule has 2 fully saturated rings. The number of morpholine rings is 1. The lowest BCUT2D eigenvalue weighted by atomic mass is 9.80. The van der Waals surface area contributed by atoms with Crippen LogP contribution in [0.4, 0.5) is 4.79 Å². The van der Waals surface area contributed by atoms with Crippen molar-refractivity contribution in [1.82, 2.24) is 20.9 Å². The molecule has 1 aromatic carbocycles. The number of rotatable bonds is 10. The van der Waals surface area contributed by atoms with Crippen molar-refractivity contribution in [2.24, 2.45) is 0 Å². The first-order valence-electron chi connectivity index (χ1n) is 13.0. The number of phenols is 2. The van der Waals surface area contributed by atoms with Crippen molar-refractivity contribution in [3.05, 3.63) is 23.8 Å². The molecule has 1 saturated carbocycles. The van der Waals surface area contributed by atoms with Crippen molar-refractivity contribution in [2.45, 2.75) is 76.4 Å². The Morgan fingerprint density at radius 2 is 1.76 bits per heavy atom. The first-order valence-corrected chi connectivity index (χ1v) is 13.0. The molecule has 1 aliphatic heterocycles. The van der Waals surface area contributed by atoms with E-state index in [9.17, 15) is 29.4 Å². The third-order valence-electron chi connectivity index (χ3n) is 6.97. The number of carbonyl (C=O) groups is 4. The fourth-order valence-corrected chi connectivity index (χ4v) is 4.69. The average Bonchev–Trinajstić information content (AvgIpc) is 2.91. The highest BCUT2D eigenvalue weighted by atomic mass is 16.5. The Bertz CT molecular complexity index is 972. The molecule has 3 rings (SSSR count). The van der Waals surface area contributed by atoms with E-state index in [2.05, 4.69) is 16.0 Å². The molecule has 204 valence electrons. The summed E-state index contributed by atoms with van der Waals surface area (Å²) in [6.45, 7) is 3.69. The second-order valence-electron chi connectivity index (χ2n) is 9.71. The number of benzene rings is 1. The second-order valence-corrected chi connectivity index (χ2v) is 9.71. The average molecular weight is 519 g/mol. The van der Waals surface area contributed by atoms with E-state index in [1.165, 1.54) is 18.2 Å². The van der Waals surface area contributed by atoms with Crippen LogP contribution in [0, 0.1) is 0 Å². The third-order valence-corrected chi connectivity index (χ3v) is 6.97. The summed E-state index contributed by atoms with van der Waals surface area (Å²) in [4.78, 5) is 53.9. The number of carbonyl (C=O) groups excluding carboxylic acids is 4. The van der Waals surface area contributed by atoms with Gasteiger partial charge in [0, 0.05) is 19.6 Å². The molecule has 11 heteroatoms. The highest BCUT2D eigenvalue weighted by Crippen LogP contribution is 2.29. The lowest BCUT2D eigenvalue weighted by molar-refractivity contribution is -0.141. The van der Waals surface area contributed by atoms with Crippen LogP contribution in [0.5, 0.6) is 11.5 Å². The molecule has 0 spiro atoms. The van der Waals surface area contributed by atoms with Gasteiger partial charge in [-0.05, 0) is 37.0 Å². The van der Waals surface area contributed by atoms with E-state index in [0.29, 0.717) is 57.6 Å². The summed E-state index contributed by atoms with van der Waals surface area (Å²) in [5, 5.41) is 27.3. The van der Waals surface area contributed by atoms with Crippen LogP contribution in [0.15, 0.2) is 18.2 Å².